The summed E-state index contributed by atoms with van der Waals surface area (Å²) in [5.41, 5.74) is -2.80. The molecular weight excluding hydrogens is 432 g/mol. The fourth-order valence-electron chi connectivity index (χ4n) is 3.79. The van der Waals surface area contributed by atoms with E-state index in [0.29, 0.717) is 11.3 Å². The van der Waals surface area contributed by atoms with E-state index < -0.39 is 40.3 Å². The highest BCUT2D eigenvalue weighted by Crippen LogP contribution is 2.42. The van der Waals surface area contributed by atoms with Crippen LogP contribution in [0.3, 0.4) is 0 Å². The van der Waals surface area contributed by atoms with Crippen LogP contribution in [0, 0.1) is 11.3 Å². The second-order valence-corrected chi connectivity index (χ2v) is 8.52. The number of hydrogen-bond donors (Lipinski definition) is 4. The molecule has 1 aromatic carbocycles. The van der Waals surface area contributed by atoms with Gasteiger partial charge in [0.05, 0.1) is 7.11 Å². The molecule has 0 radical (unpaired) electrons. The molecule has 1 aromatic rings. The topological polar surface area (TPSA) is 158 Å². The number of methoxy groups -OCH3 is 1. The summed E-state index contributed by atoms with van der Waals surface area (Å²) in [6.45, 7) is 10.2. The molecule has 0 aliphatic heterocycles. The van der Waals surface area contributed by atoms with E-state index in [1.807, 2.05) is 13.8 Å². The Morgan fingerprint density at radius 3 is 1.48 bits per heavy atom. The summed E-state index contributed by atoms with van der Waals surface area (Å²) < 4.78 is 4.99. The van der Waals surface area contributed by atoms with Crippen molar-refractivity contribution >= 4 is 23.9 Å². The van der Waals surface area contributed by atoms with Crippen LogP contribution in [0.4, 0.5) is 0 Å². The molecule has 0 atom stereocenters. The number of benzene rings is 1. The first-order valence-electron chi connectivity index (χ1n) is 10.4. The van der Waals surface area contributed by atoms with Gasteiger partial charge in [-0.2, -0.15) is 0 Å². The van der Waals surface area contributed by atoms with E-state index >= 15 is 0 Å². The molecule has 1 rings (SSSR count). The van der Waals surface area contributed by atoms with Crippen molar-refractivity contribution in [1.29, 1.82) is 0 Å². The van der Waals surface area contributed by atoms with Gasteiger partial charge in [0.25, 0.3) is 0 Å². The van der Waals surface area contributed by atoms with Crippen molar-refractivity contribution in [2.24, 2.45) is 11.3 Å². The molecular formula is C24H34O9. The zero-order valence-electron chi connectivity index (χ0n) is 20.1. The molecule has 184 valence electrons. The number of carbonyl (C=O) groups is 4. The van der Waals surface area contributed by atoms with E-state index in [1.54, 1.807) is 39.8 Å². The summed E-state index contributed by atoms with van der Waals surface area (Å²) in [7, 11) is 1.49. The van der Waals surface area contributed by atoms with Gasteiger partial charge in [-0.05, 0) is 54.4 Å². The maximum Gasteiger partial charge on any atom is 0.343 e. The van der Waals surface area contributed by atoms with Crippen molar-refractivity contribution in [1.82, 2.24) is 0 Å². The van der Waals surface area contributed by atoms with Crippen molar-refractivity contribution in [2.45, 2.75) is 59.8 Å². The van der Waals surface area contributed by atoms with Gasteiger partial charge >= 0.3 is 23.9 Å². The second-order valence-electron chi connectivity index (χ2n) is 8.52. The Bertz CT molecular complexity index is 856. The van der Waals surface area contributed by atoms with Gasteiger partial charge in [0.1, 0.15) is 11.3 Å². The van der Waals surface area contributed by atoms with E-state index in [0.717, 1.165) is 12.8 Å². The van der Waals surface area contributed by atoms with Gasteiger partial charge in [0, 0.05) is 0 Å². The van der Waals surface area contributed by atoms with Crippen LogP contribution in [0.2, 0.25) is 0 Å². The highest BCUT2D eigenvalue weighted by molar-refractivity contribution is 6.13. The third-order valence-corrected chi connectivity index (χ3v) is 5.71. The first kappa shape index (κ1) is 29.6. The largest absolute Gasteiger partial charge is 0.497 e. The third kappa shape index (κ3) is 6.57. The number of allylic oxidation sites excluding steroid dienone is 1. The van der Waals surface area contributed by atoms with Crippen molar-refractivity contribution in [3.8, 4) is 5.75 Å². The number of hydrogen-bond acceptors (Lipinski definition) is 5. The van der Waals surface area contributed by atoms with Crippen molar-refractivity contribution in [3.63, 3.8) is 0 Å². The van der Waals surface area contributed by atoms with Crippen molar-refractivity contribution < 1.29 is 44.3 Å². The van der Waals surface area contributed by atoms with E-state index in [4.69, 9.17) is 14.9 Å². The van der Waals surface area contributed by atoms with Gasteiger partial charge in [-0.25, -0.2) is 9.59 Å². The van der Waals surface area contributed by atoms with E-state index in [-0.39, 0.29) is 11.5 Å². The van der Waals surface area contributed by atoms with Gasteiger partial charge in [0.15, 0.2) is 5.41 Å². The zero-order chi connectivity index (χ0) is 26.1. The number of carboxylic acid groups (broad SMARTS) is 4. The van der Waals surface area contributed by atoms with Crippen molar-refractivity contribution in [3.05, 3.63) is 41.0 Å². The molecule has 9 heteroatoms. The van der Waals surface area contributed by atoms with Crippen molar-refractivity contribution in [2.75, 3.05) is 7.11 Å². The highest BCUT2D eigenvalue weighted by atomic mass is 16.5. The fourth-order valence-corrected chi connectivity index (χ4v) is 3.79. The SMILES string of the molecule is CCC(CC)C(C)=C(C(=O)O)C(=O)O.COc1ccc(C(C(=O)O)(C(=O)O)C(C)(C)C)cc1. The molecule has 33 heavy (non-hydrogen) atoms. The quantitative estimate of drug-likeness (QED) is 0.239. The van der Waals surface area contributed by atoms with Crippen LogP contribution in [-0.2, 0) is 24.6 Å². The Labute approximate surface area is 193 Å². The Balaban J connectivity index is 0.000000653. The number of rotatable bonds is 9. The Morgan fingerprint density at radius 1 is 0.848 bits per heavy atom. The minimum Gasteiger partial charge on any atom is -0.497 e. The number of carboxylic acids is 4. The summed E-state index contributed by atoms with van der Waals surface area (Å²) >= 11 is 0. The minimum absolute atomic E-state index is 0.0391. The molecule has 0 unspecified atom stereocenters. The molecule has 0 aromatic heterocycles. The minimum atomic E-state index is -2.00. The maximum absolute atomic E-state index is 11.7. The van der Waals surface area contributed by atoms with Gasteiger partial charge in [0.2, 0.25) is 0 Å². The molecule has 0 saturated carbocycles. The molecule has 0 amide bonds. The van der Waals surface area contributed by atoms with Crippen LogP contribution in [-0.4, -0.2) is 51.4 Å². The maximum atomic E-state index is 11.7. The second kappa shape index (κ2) is 12.0. The molecule has 0 saturated heterocycles. The lowest BCUT2D eigenvalue weighted by Gasteiger charge is -2.37. The lowest BCUT2D eigenvalue weighted by Crippen LogP contribution is -2.53. The summed E-state index contributed by atoms with van der Waals surface area (Å²) in [6.07, 6.45) is 1.51. The lowest BCUT2D eigenvalue weighted by atomic mass is 9.62. The average Bonchev–Trinajstić information content (AvgIpc) is 2.68. The summed E-state index contributed by atoms with van der Waals surface area (Å²) in [5.74, 6) is -4.89. The fraction of sp³-hybridized carbons (Fsp3) is 0.500. The van der Waals surface area contributed by atoms with Gasteiger partial charge in [-0.15, -0.1) is 0 Å². The van der Waals surface area contributed by atoms with Gasteiger partial charge < -0.3 is 25.2 Å². The Kier molecular flexibility index (Phi) is 10.8. The highest BCUT2D eigenvalue weighted by Gasteiger charge is 2.57. The summed E-state index contributed by atoms with van der Waals surface area (Å²) in [5, 5.41) is 36.4. The van der Waals surface area contributed by atoms with E-state index in [2.05, 4.69) is 0 Å². The van der Waals surface area contributed by atoms with Crippen LogP contribution >= 0.6 is 0 Å². The summed E-state index contributed by atoms with van der Waals surface area (Å²) in [4.78, 5) is 44.7. The summed E-state index contributed by atoms with van der Waals surface area (Å²) in [6, 6.07) is 6.07. The van der Waals surface area contributed by atoms with Crippen LogP contribution in [0.15, 0.2) is 35.4 Å². The molecule has 0 aliphatic carbocycles. The Hall–Kier alpha value is -3.36. The normalized spacial score (nSPS) is 11.2. The average molecular weight is 467 g/mol. The first-order valence-corrected chi connectivity index (χ1v) is 10.4. The van der Waals surface area contributed by atoms with Gasteiger partial charge in [-0.3, -0.25) is 9.59 Å². The smallest absolute Gasteiger partial charge is 0.343 e. The lowest BCUT2D eigenvalue weighted by molar-refractivity contribution is -0.164. The van der Waals surface area contributed by atoms with Gasteiger partial charge in [-0.1, -0.05) is 46.8 Å². The molecule has 9 nitrogen and oxygen atoms in total. The molecule has 0 fully saturated rings. The predicted molar refractivity (Wildman–Crippen MR) is 121 cm³/mol. The molecule has 0 spiro atoms. The number of ether oxygens (including phenoxy) is 1. The number of aliphatic carboxylic acids is 4. The predicted octanol–water partition coefficient (Wildman–Crippen LogP) is 4.06. The van der Waals surface area contributed by atoms with Crippen LogP contribution < -0.4 is 4.74 Å². The Morgan fingerprint density at radius 2 is 1.24 bits per heavy atom. The molecule has 0 aliphatic rings. The first-order chi connectivity index (χ1) is 15.1. The van der Waals surface area contributed by atoms with Crippen LogP contribution in [0.1, 0.15) is 59.9 Å². The molecule has 4 N–H and O–H groups in total. The zero-order valence-corrected chi connectivity index (χ0v) is 20.1. The monoisotopic (exact) mass is 466 g/mol. The van der Waals surface area contributed by atoms with Crippen LogP contribution in [0.25, 0.3) is 0 Å². The van der Waals surface area contributed by atoms with E-state index in [1.165, 1.54) is 19.2 Å². The third-order valence-electron chi connectivity index (χ3n) is 5.71. The molecule has 0 heterocycles. The van der Waals surface area contributed by atoms with E-state index in [9.17, 15) is 29.4 Å². The molecule has 0 bridgehead atoms. The van der Waals surface area contributed by atoms with Crippen LogP contribution in [0.5, 0.6) is 5.75 Å². The standard InChI is InChI=1S/C14H18O5.C10H16O4/c1-13(2,3)14(11(15)16,12(17)18)9-5-7-10(19-4)8-6-9;1-4-7(5-2)6(3)8(9(11)12)10(13)14/h5-8H,1-4H3,(H,15,16)(H,17,18);7H,4-5H2,1-3H3,(H,11,12)(H,13,14).